The third kappa shape index (κ3) is 3.51. The van der Waals surface area contributed by atoms with Crippen molar-refractivity contribution in [3.05, 3.63) is 84.1 Å². The molecule has 0 aliphatic rings. The molecule has 1 aromatic heterocycles. The molecule has 0 bridgehead atoms. The van der Waals surface area contributed by atoms with Crippen LogP contribution in [-0.2, 0) is 0 Å². The lowest BCUT2D eigenvalue weighted by Crippen LogP contribution is -2.12. The Morgan fingerprint density at radius 2 is 1.75 bits per heavy atom. The van der Waals surface area contributed by atoms with Crippen molar-refractivity contribution in [3.63, 3.8) is 0 Å². The van der Waals surface area contributed by atoms with Crippen LogP contribution in [0, 0.1) is 0 Å². The number of nitrogens with one attached hydrogen (secondary N) is 1. The van der Waals surface area contributed by atoms with Gasteiger partial charge in [0.15, 0.2) is 0 Å². The first-order chi connectivity index (χ1) is 11.6. The third-order valence-corrected chi connectivity index (χ3v) is 3.93. The van der Waals surface area contributed by atoms with Crippen molar-refractivity contribution in [2.75, 3.05) is 5.32 Å². The summed E-state index contributed by atoms with van der Waals surface area (Å²) in [5.41, 5.74) is 4.12. The van der Waals surface area contributed by atoms with Gasteiger partial charge >= 0.3 is 0 Å². The van der Waals surface area contributed by atoms with Gasteiger partial charge in [-0.2, -0.15) is 0 Å². The van der Waals surface area contributed by atoms with Gasteiger partial charge in [0.05, 0.1) is 0 Å². The molecular weight excluding hydrogens is 296 g/mol. The first-order valence-corrected chi connectivity index (χ1v) is 8.07. The molecule has 1 N–H and O–H groups in total. The summed E-state index contributed by atoms with van der Waals surface area (Å²) in [7, 11) is 0. The molecule has 0 unspecified atom stereocenters. The Hall–Kier alpha value is -2.94. The lowest BCUT2D eigenvalue weighted by Gasteiger charge is -2.13. The Bertz CT molecular complexity index is 841. The van der Waals surface area contributed by atoms with Gasteiger partial charge in [-0.25, -0.2) is 4.98 Å². The number of hydrogen-bond acceptors (Lipinski definition) is 2. The Labute approximate surface area is 142 Å². The van der Waals surface area contributed by atoms with E-state index in [0.29, 0.717) is 17.3 Å². The molecule has 3 heteroatoms. The number of hydrogen-bond donors (Lipinski definition) is 1. The predicted octanol–water partition coefficient (Wildman–Crippen LogP) is 5.12. The maximum absolute atomic E-state index is 12.5. The van der Waals surface area contributed by atoms with Crippen molar-refractivity contribution in [3.8, 4) is 11.1 Å². The Balaban J connectivity index is 1.91. The number of anilines is 1. The second kappa shape index (κ2) is 7.09. The van der Waals surface area contributed by atoms with E-state index in [1.54, 1.807) is 12.3 Å². The Kier molecular flexibility index (Phi) is 4.71. The minimum absolute atomic E-state index is 0.155. The average molecular weight is 316 g/mol. The number of aromatic nitrogens is 1. The number of carbonyl (C=O) groups excluding carboxylic acids is 1. The largest absolute Gasteiger partial charge is 0.307 e. The first-order valence-electron chi connectivity index (χ1n) is 8.07. The van der Waals surface area contributed by atoms with Gasteiger partial charge in [-0.05, 0) is 46.9 Å². The molecule has 0 fully saturated rings. The van der Waals surface area contributed by atoms with E-state index in [0.717, 1.165) is 5.56 Å². The van der Waals surface area contributed by atoms with E-state index in [-0.39, 0.29) is 5.91 Å². The van der Waals surface area contributed by atoms with Crippen molar-refractivity contribution < 1.29 is 4.79 Å². The second-order valence-corrected chi connectivity index (χ2v) is 5.99. The van der Waals surface area contributed by atoms with Crippen molar-refractivity contribution in [2.24, 2.45) is 0 Å². The zero-order valence-corrected chi connectivity index (χ0v) is 13.9. The van der Waals surface area contributed by atoms with Crippen LogP contribution < -0.4 is 5.32 Å². The normalized spacial score (nSPS) is 10.6. The minimum atomic E-state index is -0.155. The molecule has 3 nitrogen and oxygen atoms in total. The van der Waals surface area contributed by atoms with E-state index in [4.69, 9.17) is 0 Å². The molecule has 2 aromatic carbocycles. The van der Waals surface area contributed by atoms with E-state index in [1.165, 1.54) is 11.1 Å². The molecule has 0 saturated carbocycles. The summed E-state index contributed by atoms with van der Waals surface area (Å²) in [6.45, 7) is 4.35. The van der Waals surface area contributed by atoms with Crippen molar-refractivity contribution in [2.45, 2.75) is 19.8 Å². The van der Waals surface area contributed by atoms with E-state index in [1.807, 2.05) is 42.5 Å². The van der Waals surface area contributed by atoms with Crippen LogP contribution in [0.3, 0.4) is 0 Å². The van der Waals surface area contributed by atoms with Gasteiger partial charge in [0.1, 0.15) is 5.82 Å². The Morgan fingerprint density at radius 3 is 2.50 bits per heavy atom. The summed E-state index contributed by atoms with van der Waals surface area (Å²) in [6, 6.07) is 21.5. The van der Waals surface area contributed by atoms with Gasteiger partial charge < -0.3 is 5.32 Å². The predicted molar refractivity (Wildman–Crippen MR) is 98.2 cm³/mol. The minimum Gasteiger partial charge on any atom is -0.307 e. The van der Waals surface area contributed by atoms with Crippen LogP contribution in [0.1, 0.15) is 35.7 Å². The number of carbonyl (C=O) groups is 1. The maximum Gasteiger partial charge on any atom is 0.256 e. The lowest BCUT2D eigenvalue weighted by molar-refractivity contribution is 0.102. The number of benzene rings is 2. The van der Waals surface area contributed by atoms with E-state index < -0.39 is 0 Å². The SMILES string of the molecule is CC(C)c1ccccc1-c1cccc(C(=O)Nc2ccccn2)c1. The van der Waals surface area contributed by atoms with Gasteiger partial charge in [-0.15, -0.1) is 0 Å². The zero-order chi connectivity index (χ0) is 16.9. The number of pyridine rings is 1. The first kappa shape index (κ1) is 15.9. The summed E-state index contributed by atoms with van der Waals surface area (Å²) in [5, 5.41) is 2.82. The van der Waals surface area contributed by atoms with Crippen LogP contribution in [-0.4, -0.2) is 10.9 Å². The van der Waals surface area contributed by atoms with Gasteiger partial charge in [-0.1, -0.05) is 56.3 Å². The molecule has 0 saturated heterocycles. The topological polar surface area (TPSA) is 42.0 Å². The highest BCUT2D eigenvalue weighted by Crippen LogP contribution is 2.29. The molecule has 24 heavy (non-hydrogen) atoms. The van der Waals surface area contributed by atoms with E-state index >= 15 is 0 Å². The molecule has 1 amide bonds. The summed E-state index contributed by atoms with van der Waals surface area (Å²) >= 11 is 0. The molecule has 0 aliphatic heterocycles. The highest BCUT2D eigenvalue weighted by Gasteiger charge is 2.11. The smallest absolute Gasteiger partial charge is 0.256 e. The average Bonchev–Trinajstić information content (AvgIpc) is 2.62. The second-order valence-electron chi connectivity index (χ2n) is 5.99. The number of rotatable bonds is 4. The highest BCUT2D eigenvalue weighted by atomic mass is 16.1. The van der Waals surface area contributed by atoms with Gasteiger partial charge in [0.25, 0.3) is 5.91 Å². The molecule has 1 heterocycles. The third-order valence-electron chi connectivity index (χ3n) is 3.93. The zero-order valence-electron chi connectivity index (χ0n) is 13.9. The lowest BCUT2D eigenvalue weighted by atomic mass is 9.92. The van der Waals surface area contributed by atoms with Crippen LogP contribution in [0.15, 0.2) is 72.9 Å². The highest BCUT2D eigenvalue weighted by molar-refractivity contribution is 6.04. The molecule has 0 atom stereocenters. The van der Waals surface area contributed by atoms with Gasteiger partial charge in [0, 0.05) is 11.8 Å². The molecule has 120 valence electrons. The van der Waals surface area contributed by atoms with E-state index in [9.17, 15) is 4.79 Å². The molecule has 0 radical (unpaired) electrons. The molecular formula is C21H20N2O. The van der Waals surface area contributed by atoms with Crippen LogP contribution in [0.25, 0.3) is 11.1 Å². The molecule has 3 rings (SSSR count). The number of nitrogens with zero attached hydrogens (tertiary/aromatic N) is 1. The van der Waals surface area contributed by atoms with Crippen LogP contribution >= 0.6 is 0 Å². The fourth-order valence-electron chi connectivity index (χ4n) is 2.72. The van der Waals surface area contributed by atoms with Crippen molar-refractivity contribution >= 4 is 11.7 Å². The Morgan fingerprint density at radius 1 is 0.958 bits per heavy atom. The van der Waals surface area contributed by atoms with Crippen molar-refractivity contribution in [1.29, 1.82) is 0 Å². The summed E-state index contributed by atoms with van der Waals surface area (Å²) in [5.74, 6) is 0.820. The summed E-state index contributed by atoms with van der Waals surface area (Å²) in [4.78, 5) is 16.6. The van der Waals surface area contributed by atoms with Crippen molar-refractivity contribution in [1.82, 2.24) is 4.98 Å². The molecule has 3 aromatic rings. The molecule has 0 spiro atoms. The maximum atomic E-state index is 12.5. The van der Waals surface area contributed by atoms with Crippen LogP contribution in [0.4, 0.5) is 5.82 Å². The number of amides is 1. The fraction of sp³-hybridized carbons (Fsp3) is 0.143. The monoisotopic (exact) mass is 316 g/mol. The summed E-state index contributed by atoms with van der Waals surface area (Å²) in [6.07, 6.45) is 1.66. The molecule has 0 aliphatic carbocycles. The standard InChI is InChI=1S/C21H20N2O/c1-15(2)18-10-3-4-11-19(18)16-8-7-9-17(14-16)21(24)23-20-12-5-6-13-22-20/h3-15H,1-2H3,(H,22,23,24). The van der Waals surface area contributed by atoms with Gasteiger partial charge in [0.2, 0.25) is 0 Å². The van der Waals surface area contributed by atoms with Crippen LogP contribution in [0.2, 0.25) is 0 Å². The van der Waals surface area contributed by atoms with Crippen LogP contribution in [0.5, 0.6) is 0 Å². The van der Waals surface area contributed by atoms with E-state index in [2.05, 4.69) is 42.3 Å². The fourth-order valence-corrected chi connectivity index (χ4v) is 2.72. The van der Waals surface area contributed by atoms with Gasteiger partial charge in [-0.3, -0.25) is 4.79 Å². The quantitative estimate of drug-likeness (QED) is 0.725. The summed E-state index contributed by atoms with van der Waals surface area (Å²) < 4.78 is 0.